The SMILES string of the molecule is C=C(SC(C(=O)O)c1ccccc1)/C(C#N)=C(\C1=C(C)CCCC1)c1ccccc1. The monoisotopic (exact) mass is 415 g/mol. The van der Waals surface area contributed by atoms with Crippen LogP contribution in [0.15, 0.2) is 88.9 Å². The molecule has 0 aliphatic heterocycles. The first-order valence-electron chi connectivity index (χ1n) is 10.1. The predicted molar refractivity (Wildman–Crippen MR) is 124 cm³/mol. The molecular formula is C26H25NO2S. The molecule has 0 saturated carbocycles. The first-order valence-corrected chi connectivity index (χ1v) is 10.9. The van der Waals surface area contributed by atoms with Gasteiger partial charge in [0, 0.05) is 10.5 Å². The molecule has 0 amide bonds. The molecule has 1 N–H and O–H groups in total. The van der Waals surface area contributed by atoms with E-state index in [1.54, 1.807) is 12.1 Å². The number of rotatable bonds is 7. The maximum atomic E-state index is 12.0. The van der Waals surface area contributed by atoms with Gasteiger partial charge in [-0.1, -0.05) is 72.8 Å². The first-order chi connectivity index (χ1) is 14.5. The van der Waals surface area contributed by atoms with Crippen LogP contribution in [0.3, 0.4) is 0 Å². The number of allylic oxidation sites excluding steroid dienone is 4. The molecule has 30 heavy (non-hydrogen) atoms. The Morgan fingerprint density at radius 2 is 1.67 bits per heavy atom. The molecule has 1 unspecified atom stereocenters. The van der Waals surface area contributed by atoms with Gasteiger partial charge >= 0.3 is 5.97 Å². The van der Waals surface area contributed by atoms with Crippen LogP contribution in [0, 0.1) is 11.3 Å². The van der Waals surface area contributed by atoms with Crippen molar-refractivity contribution in [3.8, 4) is 6.07 Å². The van der Waals surface area contributed by atoms with Gasteiger partial charge < -0.3 is 5.11 Å². The lowest BCUT2D eigenvalue weighted by Gasteiger charge is -2.23. The summed E-state index contributed by atoms with van der Waals surface area (Å²) in [6.45, 7) is 6.27. The molecule has 3 rings (SSSR count). The number of thioether (sulfide) groups is 1. The van der Waals surface area contributed by atoms with Crippen molar-refractivity contribution >= 4 is 23.3 Å². The lowest BCUT2D eigenvalue weighted by atomic mass is 9.83. The Morgan fingerprint density at radius 1 is 1.07 bits per heavy atom. The van der Waals surface area contributed by atoms with Crippen molar-refractivity contribution in [2.75, 3.05) is 0 Å². The average molecular weight is 416 g/mol. The smallest absolute Gasteiger partial charge is 0.321 e. The number of benzene rings is 2. The first kappa shape index (κ1) is 21.7. The van der Waals surface area contributed by atoms with Gasteiger partial charge in [0.05, 0.1) is 5.57 Å². The van der Waals surface area contributed by atoms with E-state index in [4.69, 9.17) is 0 Å². The van der Waals surface area contributed by atoms with Crippen LogP contribution < -0.4 is 0 Å². The summed E-state index contributed by atoms with van der Waals surface area (Å²) in [5.74, 6) is -0.945. The molecule has 0 heterocycles. The molecule has 0 saturated heterocycles. The number of nitrogens with zero attached hydrogens (tertiary/aromatic N) is 1. The van der Waals surface area contributed by atoms with Crippen molar-refractivity contribution in [1.82, 2.24) is 0 Å². The third kappa shape index (κ3) is 4.93. The molecule has 1 aliphatic rings. The van der Waals surface area contributed by atoms with Gasteiger partial charge in [-0.3, -0.25) is 4.79 Å². The van der Waals surface area contributed by atoms with Crippen molar-refractivity contribution in [3.05, 3.63) is 100.0 Å². The van der Waals surface area contributed by atoms with E-state index in [0.717, 1.165) is 48.6 Å². The van der Waals surface area contributed by atoms with Gasteiger partial charge in [-0.25, -0.2) is 0 Å². The normalized spacial score (nSPS) is 15.7. The third-order valence-electron chi connectivity index (χ3n) is 5.34. The molecule has 3 nitrogen and oxygen atoms in total. The minimum Gasteiger partial charge on any atom is -0.480 e. The lowest BCUT2D eigenvalue weighted by Crippen LogP contribution is -2.09. The number of hydrogen-bond acceptors (Lipinski definition) is 3. The Morgan fingerprint density at radius 3 is 2.23 bits per heavy atom. The molecule has 2 aromatic rings. The molecule has 152 valence electrons. The number of aliphatic carboxylic acids is 1. The van der Waals surface area contributed by atoms with Crippen LogP contribution in [0.25, 0.3) is 5.57 Å². The molecule has 1 aliphatic carbocycles. The zero-order valence-electron chi connectivity index (χ0n) is 17.1. The second-order valence-corrected chi connectivity index (χ2v) is 8.56. The van der Waals surface area contributed by atoms with E-state index < -0.39 is 11.2 Å². The molecule has 1 atom stereocenters. The van der Waals surface area contributed by atoms with Gasteiger partial charge in [0.15, 0.2) is 0 Å². The van der Waals surface area contributed by atoms with E-state index >= 15 is 0 Å². The highest BCUT2D eigenvalue weighted by atomic mass is 32.2. The van der Waals surface area contributed by atoms with Crippen LogP contribution in [0.4, 0.5) is 0 Å². The Kier molecular flexibility index (Phi) is 7.32. The Bertz CT molecular complexity index is 1030. The second-order valence-electron chi connectivity index (χ2n) is 7.36. The van der Waals surface area contributed by atoms with Crippen molar-refractivity contribution in [2.24, 2.45) is 0 Å². The van der Waals surface area contributed by atoms with Crippen LogP contribution in [0.2, 0.25) is 0 Å². The summed E-state index contributed by atoms with van der Waals surface area (Å²) in [5.41, 5.74) is 5.50. The van der Waals surface area contributed by atoms with Gasteiger partial charge in [-0.2, -0.15) is 5.26 Å². The number of carbonyl (C=O) groups is 1. The summed E-state index contributed by atoms with van der Waals surface area (Å²) in [7, 11) is 0. The molecule has 2 aromatic carbocycles. The summed E-state index contributed by atoms with van der Waals surface area (Å²) in [4.78, 5) is 12.5. The summed E-state index contributed by atoms with van der Waals surface area (Å²) in [6, 6.07) is 21.3. The average Bonchev–Trinajstić information content (AvgIpc) is 2.77. The van der Waals surface area contributed by atoms with Gasteiger partial charge in [-0.05, 0) is 49.3 Å². The largest absolute Gasteiger partial charge is 0.480 e. The zero-order valence-corrected chi connectivity index (χ0v) is 17.9. The molecule has 4 heteroatoms. The van der Waals surface area contributed by atoms with Crippen molar-refractivity contribution < 1.29 is 9.90 Å². The maximum absolute atomic E-state index is 12.0. The number of carboxylic acids is 1. The van der Waals surface area contributed by atoms with Crippen molar-refractivity contribution in [1.29, 1.82) is 5.26 Å². The summed E-state index contributed by atoms with van der Waals surface area (Å²) >= 11 is 1.13. The molecule has 0 bridgehead atoms. The zero-order chi connectivity index (χ0) is 21.5. The summed E-state index contributed by atoms with van der Waals surface area (Å²) in [6.07, 6.45) is 4.18. The minimum absolute atomic E-state index is 0.463. The van der Waals surface area contributed by atoms with E-state index in [-0.39, 0.29) is 0 Å². The minimum atomic E-state index is -0.945. The lowest BCUT2D eigenvalue weighted by molar-refractivity contribution is -0.136. The van der Waals surface area contributed by atoms with E-state index in [9.17, 15) is 15.2 Å². The third-order valence-corrected chi connectivity index (χ3v) is 6.53. The van der Waals surface area contributed by atoms with E-state index in [2.05, 4.69) is 19.6 Å². The Balaban J connectivity index is 2.09. The fraction of sp³-hybridized carbons (Fsp3) is 0.231. The van der Waals surface area contributed by atoms with Gasteiger partial charge in [0.25, 0.3) is 0 Å². The molecule has 0 aromatic heterocycles. The highest BCUT2D eigenvalue weighted by molar-refractivity contribution is 8.04. The van der Waals surface area contributed by atoms with Gasteiger partial charge in [0.1, 0.15) is 11.3 Å². The van der Waals surface area contributed by atoms with Crippen molar-refractivity contribution in [2.45, 2.75) is 37.9 Å². The fourth-order valence-corrected chi connectivity index (χ4v) is 4.76. The van der Waals surface area contributed by atoms with Crippen LogP contribution in [-0.4, -0.2) is 11.1 Å². The maximum Gasteiger partial charge on any atom is 0.321 e. The highest BCUT2D eigenvalue weighted by Crippen LogP contribution is 2.43. The number of carboxylic acid groups (broad SMARTS) is 1. The van der Waals surface area contributed by atoms with Crippen LogP contribution >= 0.6 is 11.8 Å². The summed E-state index contributed by atoms with van der Waals surface area (Å²) < 4.78 is 0. The van der Waals surface area contributed by atoms with Crippen LogP contribution in [-0.2, 0) is 4.79 Å². The predicted octanol–water partition coefficient (Wildman–Crippen LogP) is 6.93. The highest BCUT2D eigenvalue weighted by Gasteiger charge is 2.26. The number of hydrogen-bond donors (Lipinski definition) is 1. The molecule has 0 fully saturated rings. The van der Waals surface area contributed by atoms with Gasteiger partial charge in [0.2, 0.25) is 0 Å². The molecular weight excluding hydrogens is 390 g/mol. The second kappa shape index (κ2) is 10.1. The Labute approximate surface area is 182 Å². The fourth-order valence-electron chi connectivity index (χ4n) is 3.82. The van der Waals surface area contributed by atoms with E-state index in [0.29, 0.717) is 16.0 Å². The van der Waals surface area contributed by atoms with Gasteiger partial charge in [-0.15, -0.1) is 11.8 Å². The molecule has 0 radical (unpaired) electrons. The Hall–Kier alpha value is -3.03. The summed E-state index contributed by atoms with van der Waals surface area (Å²) in [5, 5.41) is 19.1. The number of nitriles is 1. The van der Waals surface area contributed by atoms with E-state index in [1.807, 2.05) is 48.5 Å². The topological polar surface area (TPSA) is 61.1 Å². The quantitative estimate of drug-likeness (QED) is 0.393. The van der Waals surface area contributed by atoms with Crippen LogP contribution in [0.1, 0.15) is 49.0 Å². The molecule has 0 spiro atoms. The van der Waals surface area contributed by atoms with Crippen LogP contribution in [0.5, 0.6) is 0 Å². The van der Waals surface area contributed by atoms with Crippen molar-refractivity contribution in [3.63, 3.8) is 0 Å². The van der Waals surface area contributed by atoms with E-state index in [1.165, 1.54) is 11.1 Å². The standard InChI is InChI=1S/C26H25NO2S/c1-18-11-9-10-16-22(18)24(20-12-5-3-6-13-20)23(17-27)19(2)30-25(26(28)29)21-14-7-4-8-15-21/h3-8,12-15,25H,2,9-11,16H2,1H3,(H,28,29)/b24-23-.